The van der Waals surface area contributed by atoms with Gasteiger partial charge in [-0.25, -0.2) is 4.79 Å². The van der Waals surface area contributed by atoms with Gasteiger partial charge in [-0.1, -0.05) is 12.1 Å². The minimum absolute atomic E-state index is 0.225. The summed E-state index contributed by atoms with van der Waals surface area (Å²) >= 11 is 0. The Hall–Kier alpha value is -1.59. The van der Waals surface area contributed by atoms with Crippen molar-refractivity contribution in [3.63, 3.8) is 0 Å². The molecule has 0 aliphatic carbocycles. The Morgan fingerprint density at radius 1 is 1.36 bits per heavy atom. The number of rotatable bonds is 7. The van der Waals surface area contributed by atoms with E-state index >= 15 is 0 Å². The van der Waals surface area contributed by atoms with Gasteiger partial charge in [0.15, 0.2) is 0 Å². The van der Waals surface area contributed by atoms with E-state index in [0.29, 0.717) is 13.0 Å². The van der Waals surface area contributed by atoms with Gasteiger partial charge in [-0.05, 0) is 63.4 Å². The van der Waals surface area contributed by atoms with Crippen molar-refractivity contribution in [2.24, 2.45) is 0 Å². The predicted octanol–water partition coefficient (Wildman–Crippen LogP) is 2.22. The van der Waals surface area contributed by atoms with Crippen LogP contribution in [0.15, 0.2) is 24.3 Å². The van der Waals surface area contributed by atoms with Crippen LogP contribution >= 0.6 is 0 Å². The summed E-state index contributed by atoms with van der Waals surface area (Å²) in [4.78, 5) is 14.2. The van der Waals surface area contributed by atoms with Crippen molar-refractivity contribution in [1.82, 2.24) is 10.2 Å². The summed E-state index contributed by atoms with van der Waals surface area (Å²) in [5.74, 6) is 0. The van der Waals surface area contributed by atoms with Crippen LogP contribution in [-0.2, 0) is 6.42 Å². The van der Waals surface area contributed by atoms with E-state index in [1.165, 1.54) is 31.5 Å². The molecule has 1 aliphatic heterocycles. The largest absolute Gasteiger partial charge is 0.393 e. The maximum atomic E-state index is 11.8. The van der Waals surface area contributed by atoms with Gasteiger partial charge in [0.25, 0.3) is 0 Å². The van der Waals surface area contributed by atoms with Gasteiger partial charge in [0.1, 0.15) is 0 Å². The first-order valence-corrected chi connectivity index (χ1v) is 8.18. The zero-order chi connectivity index (χ0) is 15.8. The van der Waals surface area contributed by atoms with Crippen molar-refractivity contribution >= 4 is 11.7 Å². The Labute approximate surface area is 132 Å². The zero-order valence-corrected chi connectivity index (χ0v) is 13.3. The number of amides is 2. The van der Waals surface area contributed by atoms with E-state index in [1.807, 2.05) is 18.2 Å². The highest BCUT2D eigenvalue weighted by Crippen LogP contribution is 2.13. The maximum absolute atomic E-state index is 11.8. The number of carbonyl (C=O) groups excluding carboxylic acids is 1. The monoisotopic (exact) mass is 305 g/mol. The van der Waals surface area contributed by atoms with Crippen LogP contribution in [-0.4, -0.2) is 48.3 Å². The Kier molecular flexibility index (Phi) is 6.68. The van der Waals surface area contributed by atoms with Crippen molar-refractivity contribution in [1.29, 1.82) is 0 Å². The standard InChI is InChI=1S/C17H27N3O2/c1-14(21)7-9-18-17(22)19-16-6-4-5-15(13-16)8-12-20-10-2-3-11-20/h4-6,13-14,21H,2-3,7-12H2,1H3,(H2,18,19,22). The number of hydrogen-bond acceptors (Lipinski definition) is 3. The second-order valence-corrected chi connectivity index (χ2v) is 6.02. The smallest absolute Gasteiger partial charge is 0.319 e. The van der Waals surface area contributed by atoms with Crippen molar-refractivity contribution < 1.29 is 9.90 Å². The molecule has 2 amide bonds. The molecule has 0 aromatic heterocycles. The van der Waals surface area contributed by atoms with Crippen LogP contribution in [0.2, 0.25) is 0 Å². The molecule has 3 N–H and O–H groups in total. The molecule has 2 rings (SSSR count). The molecule has 5 nitrogen and oxygen atoms in total. The predicted molar refractivity (Wildman–Crippen MR) is 89.1 cm³/mol. The number of carbonyl (C=O) groups is 1. The molecule has 1 unspecified atom stereocenters. The lowest BCUT2D eigenvalue weighted by Crippen LogP contribution is -2.30. The van der Waals surface area contributed by atoms with Crippen molar-refractivity contribution in [3.05, 3.63) is 29.8 Å². The van der Waals surface area contributed by atoms with Crippen LogP contribution in [0.5, 0.6) is 0 Å². The first-order valence-electron chi connectivity index (χ1n) is 8.18. The topological polar surface area (TPSA) is 64.6 Å². The molecule has 0 radical (unpaired) electrons. The maximum Gasteiger partial charge on any atom is 0.319 e. The number of urea groups is 1. The number of hydrogen-bond donors (Lipinski definition) is 3. The fourth-order valence-corrected chi connectivity index (χ4v) is 2.67. The first-order chi connectivity index (χ1) is 10.6. The fraction of sp³-hybridized carbons (Fsp3) is 0.588. The highest BCUT2D eigenvalue weighted by atomic mass is 16.3. The molecular weight excluding hydrogens is 278 g/mol. The molecule has 1 heterocycles. The van der Waals surface area contributed by atoms with Crippen LogP contribution in [0.25, 0.3) is 0 Å². The van der Waals surface area contributed by atoms with Gasteiger partial charge in [-0.3, -0.25) is 0 Å². The van der Waals surface area contributed by atoms with Gasteiger partial charge in [0.2, 0.25) is 0 Å². The molecule has 0 spiro atoms. The molecular formula is C17H27N3O2. The Morgan fingerprint density at radius 2 is 2.14 bits per heavy atom. The van der Waals surface area contributed by atoms with E-state index in [-0.39, 0.29) is 6.03 Å². The van der Waals surface area contributed by atoms with E-state index in [1.54, 1.807) is 6.92 Å². The summed E-state index contributed by atoms with van der Waals surface area (Å²) in [6.07, 6.45) is 3.81. The van der Waals surface area contributed by atoms with Crippen LogP contribution in [0.3, 0.4) is 0 Å². The summed E-state index contributed by atoms with van der Waals surface area (Å²) in [5.41, 5.74) is 2.06. The summed E-state index contributed by atoms with van der Waals surface area (Å²) in [5, 5.41) is 14.7. The third-order valence-electron chi connectivity index (χ3n) is 3.95. The summed E-state index contributed by atoms with van der Waals surface area (Å²) in [7, 11) is 0. The number of benzene rings is 1. The van der Waals surface area contributed by atoms with Gasteiger partial charge >= 0.3 is 6.03 Å². The second kappa shape index (κ2) is 8.76. The van der Waals surface area contributed by atoms with E-state index in [2.05, 4.69) is 21.6 Å². The third-order valence-corrected chi connectivity index (χ3v) is 3.95. The molecule has 5 heteroatoms. The minimum atomic E-state index is -0.394. The number of nitrogens with one attached hydrogen (secondary N) is 2. The van der Waals surface area contributed by atoms with Crippen LogP contribution in [0.4, 0.5) is 10.5 Å². The Bertz CT molecular complexity index is 471. The van der Waals surface area contributed by atoms with E-state index in [4.69, 9.17) is 5.11 Å². The normalized spacial score (nSPS) is 16.5. The lowest BCUT2D eigenvalue weighted by atomic mass is 10.1. The van der Waals surface area contributed by atoms with Gasteiger partial charge in [0.05, 0.1) is 6.10 Å². The number of anilines is 1. The van der Waals surface area contributed by atoms with Gasteiger partial charge in [-0.15, -0.1) is 0 Å². The zero-order valence-electron chi connectivity index (χ0n) is 13.3. The summed E-state index contributed by atoms with van der Waals surface area (Å²) in [6.45, 7) is 5.69. The molecule has 1 aromatic rings. The SMILES string of the molecule is CC(O)CCNC(=O)Nc1cccc(CCN2CCCC2)c1. The average Bonchev–Trinajstić information content (AvgIpc) is 2.98. The van der Waals surface area contributed by atoms with E-state index in [0.717, 1.165) is 18.7 Å². The summed E-state index contributed by atoms with van der Waals surface area (Å²) < 4.78 is 0. The molecule has 122 valence electrons. The molecule has 22 heavy (non-hydrogen) atoms. The summed E-state index contributed by atoms with van der Waals surface area (Å²) in [6, 6.07) is 7.78. The van der Waals surface area contributed by atoms with E-state index < -0.39 is 6.10 Å². The Balaban J connectivity index is 1.76. The minimum Gasteiger partial charge on any atom is -0.393 e. The molecule has 1 saturated heterocycles. The van der Waals surface area contributed by atoms with Gasteiger partial charge in [0, 0.05) is 18.8 Å². The molecule has 0 bridgehead atoms. The quantitative estimate of drug-likeness (QED) is 0.724. The van der Waals surface area contributed by atoms with Gasteiger partial charge < -0.3 is 20.6 Å². The lowest BCUT2D eigenvalue weighted by Gasteiger charge is -2.14. The van der Waals surface area contributed by atoms with Crippen molar-refractivity contribution in [3.8, 4) is 0 Å². The number of likely N-dealkylation sites (tertiary alicyclic amines) is 1. The molecule has 1 aromatic carbocycles. The van der Waals surface area contributed by atoms with Crippen LogP contribution < -0.4 is 10.6 Å². The number of aliphatic hydroxyl groups is 1. The van der Waals surface area contributed by atoms with Crippen molar-refractivity contribution in [2.75, 3.05) is 31.5 Å². The van der Waals surface area contributed by atoms with Gasteiger partial charge in [-0.2, -0.15) is 0 Å². The Morgan fingerprint density at radius 3 is 2.86 bits per heavy atom. The fourth-order valence-electron chi connectivity index (χ4n) is 2.67. The highest BCUT2D eigenvalue weighted by Gasteiger charge is 2.11. The molecule has 1 aliphatic rings. The lowest BCUT2D eigenvalue weighted by molar-refractivity contribution is 0.184. The average molecular weight is 305 g/mol. The van der Waals surface area contributed by atoms with E-state index in [9.17, 15) is 4.79 Å². The third kappa shape index (κ3) is 6.03. The highest BCUT2D eigenvalue weighted by molar-refractivity contribution is 5.89. The second-order valence-electron chi connectivity index (χ2n) is 6.02. The number of nitrogens with zero attached hydrogens (tertiary/aromatic N) is 1. The van der Waals surface area contributed by atoms with Crippen molar-refractivity contribution in [2.45, 2.75) is 38.7 Å². The molecule has 1 atom stereocenters. The van der Waals surface area contributed by atoms with Crippen LogP contribution in [0.1, 0.15) is 31.7 Å². The molecule has 0 saturated carbocycles. The van der Waals surface area contributed by atoms with Crippen LogP contribution in [0, 0.1) is 0 Å². The molecule has 1 fully saturated rings. The number of aliphatic hydroxyl groups excluding tert-OH is 1. The first kappa shape index (κ1) is 16.8.